The fourth-order valence-electron chi connectivity index (χ4n) is 2.17. The van der Waals surface area contributed by atoms with Gasteiger partial charge in [-0.15, -0.1) is 0 Å². The number of rotatable bonds is 4. The Balaban J connectivity index is 2.51. The molecule has 0 aromatic carbocycles. The highest BCUT2D eigenvalue weighted by molar-refractivity contribution is 7.92. The van der Waals surface area contributed by atoms with Crippen molar-refractivity contribution in [3.8, 4) is 0 Å². The van der Waals surface area contributed by atoms with E-state index in [-0.39, 0.29) is 5.25 Å². The van der Waals surface area contributed by atoms with Crippen LogP contribution in [0, 0.1) is 5.92 Å². The summed E-state index contributed by atoms with van der Waals surface area (Å²) in [5, 5.41) is -0.0287. The summed E-state index contributed by atoms with van der Waals surface area (Å²) in [7, 11) is -2.72. The minimum absolute atomic E-state index is 0.0287. The van der Waals surface area contributed by atoms with E-state index < -0.39 is 9.84 Å². The number of unbranched alkanes of at least 4 members (excludes halogenated alkanes) is 1. The molecule has 2 unspecified atom stereocenters. The summed E-state index contributed by atoms with van der Waals surface area (Å²) in [4.78, 5) is 0. The van der Waals surface area contributed by atoms with Crippen LogP contribution < -0.4 is 0 Å². The summed E-state index contributed by atoms with van der Waals surface area (Å²) >= 11 is 0. The molecule has 13 heavy (non-hydrogen) atoms. The lowest BCUT2D eigenvalue weighted by Crippen LogP contribution is -2.23. The molecule has 2 nitrogen and oxygen atoms in total. The van der Waals surface area contributed by atoms with Crippen LogP contribution >= 0.6 is 0 Å². The SMILES string of the molecule is CCCCC(C)C1CCCS1(=O)=O. The Morgan fingerprint density at radius 3 is 2.62 bits per heavy atom. The van der Waals surface area contributed by atoms with E-state index in [1.807, 2.05) is 0 Å². The van der Waals surface area contributed by atoms with Crippen LogP contribution in [0.3, 0.4) is 0 Å². The van der Waals surface area contributed by atoms with Crippen molar-refractivity contribution in [1.82, 2.24) is 0 Å². The molecule has 1 fully saturated rings. The molecule has 0 saturated carbocycles. The van der Waals surface area contributed by atoms with Crippen LogP contribution in [0.4, 0.5) is 0 Å². The molecule has 1 aliphatic heterocycles. The quantitative estimate of drug-likeness (QED) is 0.704. The summed E-state index contributed by atoms with van der Waals surface area (Å²) in [5.74, 6) is 0.793. The molecular weight excluding hydrogens is 184 g/mol. The largest absolute Gasteiger partial charge is 0.229 e. The maximum atomic E-state index is 11.6. The zero-order valence-electron chi connectivity index (χ0n) is 8.62. The average Bonchev–Trinajstić information content (AvgIpc) is 2.41. The van der Waals surface area contributed by atoms with Crippen molar-refractivity contribution in [2.24, 2.45) is 5.92 Å². The third-order valence-electron chi connectivity index (χ3n) is 3.03. The van der Waals surface area contributed by atoms with Gasteiger partial charge in [0.25, 0.3) is 0 Å². The van der Waals surface area contributed by atoms with Gasteiger partial charge in [-0.2, -0.15) is 0 Å². The molecule has 1 aliphatic rings. The molecule has 3 heteroatoms. The third-order valence-corrected chi connectivity index (χ3v) is 5.51. The summed E-state index contributed by atoms with van der Waals surface area (Å²) in [6.45, 7) is 4.24. The zero-order chi connectivity index (χ0) is 9.90. The van der Waals surface area contributed by atoms with Crippen LogP contribution in [-0.2, 0) is 9.84 Å². The van der Waals surface area contributed by atoms with E-state index in [0.717, 1.165) is 32.1 Å². The monoisotopic (exact) mass is 204 g/mol. The van der Waals surface area contributed by atoms with Crippen molar-refractivity contribution < 1.29 is 8.42 Å². The van der Waals surface area contributed by atoms with Crippen molar-refractivity contribution in [2.75, 3.05) is 5.75 Å². The van der Waals surface area contributed by atoms with E-state index in [1.54, 1.807) is 0 Å². The Kier molecular flexibility index (Phi) is 3.77. The van der Waals surface area contributed by atoms with E-state index in [4.69, 9.17) is 0 Å². The van der Waals surface area contributed by atoms with Crippen molar-refractivity contribution in [1.29, 1.82) is 0 Å². The molecule has 2 atom stereocenters. The highest BCUT2D eigenvalue weighted by Crippen LogP contribution is 2.29. The first-order valence-electron chi connectivity index (χ1n) is 5.29. The maximum absolute atomic E-state index is 11.6. The van der Waals surface area contributed by atoms with Crippen LogP contribution in [0.5, 0.6) is 0 Å². The van der Waals surface area contributed by atoms with E-state index in [1.165, 1.54) is 0 Å². The van der Waals surface area contributed by atoms with Gasteiger partial charge in [0, 0.05) is 0 Å². The van der Waals surface area contributed by atoms with Gasteiger partial charge < -0.3 is 0 Å². The van der Waals surface area contributed by atoms with E-state index in [2.05, 4.69) is 13.8 Å². The van der Waals surface area contributed by atoms with Gasteiger partial charge in [-0.05, 0) is 25.2 Å². The molecule has 0 aromatic heterocycles. The van der Waals surface area contributed by atoms with E-state index in [9.17, 15) is 8.42 Å². The fraction of sp³-hybridized carbons (Fsp3) is 1.00. The van der Waals surface area contributed by atoms with Crippen molar-refractivity contribution in [2.45, 2.75) is 51.2 Å². The molecule has 0 aliphatic carbocycles. The Labute approximate surface area is 81.6 Å². The first kappa shape index (κ1) is 11.0. The molecule has 0 N–H and O–H groups in total. The number of hydrogen-bond acceptors (Lipinski definition) is 2. The highest BCUT2D eigenvalue weighted by atomic mass is 32.2. The number of hydrogen-bond donors (Lipinski definition) is 0. The summed E-state index contributed by atoms with van der Waals surface area (Å²) in [5.41, 5.74) is 0. The Bertz CT molecular complexity index is 244. The third kappa shape index (κ3) is 2.70. The lowest BCUT2D eigenvalue weighted by Gasteiger charge is -2.17. The van der Waals surface area contributed by atoms with Gasteiger partial charge in [0.2, 0.25) is 0 Å². The van der Waals surface area contributed by atoms with Gasteiger partial charge in [0.1, 0.15) is 0 Å². The first-order valence-corrected chi connectivity index (χ1v) is 7.01. The second kappa shape index (κ2) is 4.45. The molecule has 0 amide bonds. The molecule has 0 aromatic rings. The standard InChI is InChI=1S/C10H20O2S/c1-3-4-6-9(2)10-7-5-8-13(10,11)12/h9-10H,3-8H2,1-2H3. The smallest absolute Gasteiger partial charge is 0.153 e. The van der Waals surface area contributed by atoms with Crippen molar-refractivity contribution in [3.63, 3.8) is 0 Å². The Morgan fingerprint density at radius 1 is 1.46 bits per heavy atom. The summed E-state index contributed by atoms with van der Waals surface area (Å²) in [6.07, 6.45) is 5.17. The second-order valence-corrected chi connectivity index (χ2v) is 6.51. The molecule has 0 radical (unpaired) electrons. The van der Waals surface area contributed by atoms with Gasteiger partial charge >= 0.3 is 0 Å². The van der Waals surface area contributed by atoms with Gasteiger partial charge in [-0.25, -0.2) is 8.42 Å². The normalized spacial score (nSPS) is 28.9. The van der Waals surface area contributed by atoms with Gasteiger partial charge in [-0.3, -0.25) is 0 Å². The van der Waals surface area contributed by atoms with Crippen LogP contribution in [0.15, 0.2) is 0 Å². The predicted octanol–water partition coefficient (Wildman–Crippen LogP) is 2.39. The van der Waals surface area contributed by atoms with Gasteiger partial charge in [-0.1, -0.05) is 26.7 Å². The summed E-state index contributed by atoms with van der Waals surface area (Å²) in [6, 6.07) is 0. The molecule has 0 spiro atoms. The molecule has 1 heterocycles. The van der Waals surface area contributed by atoms with Crippen LogP contribution in [0.2, 0.25) is 0 Å². The minimum Gasteiger partial charge on any atom is -0.229 e. The average molecular weight is 204 g/mol. The zero-order valence-corrected chi connectivity index (χ0v) is 9.44. The van der Waals surface area contributed by atoms with E-state index >= 15 is 0 Å². The molecule has 0 bridgehead atoms. The fourth-order valence-corrected chi connectivity index (χ4v) is 4.41. The van der Waals surface area contributed by atoms with Crippen molar-refractivity contribution in [3.05, 3.63) is 0 Å². The Morgan fingerprint density at radius 2 is 2.15 bits per heavy atom. The lowest BCUT2D eigenvalue weighted by molar-refractivity contribution is 0.460. The Hall–Kier alpha value is -0.0500. The van der Waals surface area contributed by atoms with E-state index in [0.29, 0.717) is 11.7 Å². The second-order valence-electron chi connectivity index (χ2n) is 4.17. The molecular formula is C10H20O2S. The van der Waals surface area contributed by atoms with Crippen molar-refractivity contribution >= 4 is 9.84 Å². The number of sulfone groups is 1. The molecule has 1 rings (SSSR count). The lowest BCUT2D eigenvalue weighted by atomic mass is 9.98. The van der Waals surface area contributed by atoms with Crippen LogP contribution in [-0.4, -0.2) is 19.4 Å². The van der Waals surface area contributed by atoms with Gasteiger partial charge in [0.05, 0.1) is 11.0 Å². The van der Waals surface area contributed by atoms with Gasteiger partial charge in [0.15, 0.2) is 9.84 Å². The minimum atomic E-state index is -2.72. The highest BCUT2D eigenvalue weighted by Gasteiger charge is 2.34. The maximum Gasteiger partial charge on any atom is 0.153 e. The van der Waals surface area contributed by atoms with Crippen LogP contribution in [0.1, 0.15) is 46.0 Å². The first-order chi connectivity index (χ1) is 6.08. The molecule has 1 saturated heterocycles. The topological polar surface area (TPSA) is 34.1 Å². The molecule has 78 valence electrons. The predicted molar refractivity (Wildman–Crippen MR) is 55.5 cm³/mol. The summed E-state index contributed by atoms with van der Waals surface area (Å²) < 4.78 is 23.1. The van der Waals surface area contributed by atoms with Crippen LogP contribution in [0.25, 0.3) is 0 Å².